The number of rotatable bonds is 9. The average molecular weight is 551 g/mol. The molecule has 3 N–H and O–H groups in total. The van der Waals surface area contributed by atoms with Crippen LogP contribution < -0.4 is 15.4 Å². The first-order chi connectivity index (χ1) is 20.0. The summed E-state index contributed by atoms with van der Waals surface area (Å²) in [7, 11) is 0. The molecule has 7 nitrogen and oxygen atoms in total. The van der Waals surface area contributed by atoms with E-state index in [1.54, 1.807) is 4.90 Å². The van der Waals surface area contributed by atoms with E-state index in [-0.39, 0.29) is 29.9 Å². The van der Waals surface area contributed by atoms with Crippen molar-refractivity contribution in [2.45, 2.75) is 69.5 Å². The van der Waals surface area contributed by atoms with Crippen molar-refractivity contribution in [2.24, 2.45) is 5.92 Å². The lowest BCUT2D eigenvalue weighted by atomic mass is 9.79. The van der Waals surface area contributed by atoms with Gasteiger partial charge in [0.05, 0.1) is 30.7 Å². The number of carbonyl (C=O) groups excluding carboxylic acids is 2. The van der Waals surface area contributed by atoms with Crippen molar-refractivity contribution in [1.82, 2.24) is 15.5 Å². The molecule has 7 heteroatoms. The molecule has 3 aromatic carbocycles. The molecule has 3 aromatic rings. The van der Waals surface area contributed by atoms with Crippen LogP contribution in [0.3, 0.4) is 0 Å². The molecule has 1 aliphatic carbocycles. The van der Waals surface area contributed by atoms with E-state index in [0.29, 0.717) is 37.4 Å². The van der Waals surface area contributed by atoms with Gasteiger partial charge in [-0.1, -0.05) is 86.8 Å². The van der Waals surface area contributed by atoms with Crippen LogP contribution >= 0.6 is 0 Å². The van der Waals surface area contributed by atoms with Crippen molar-refractivity contribution in [3.8, 4) is 5.75 Å². The predicted octanol–water partition coefficient (Wildman–Crippen LogP) is 6.23. The van der Waals surface area contributed by atoms with Crippen LogP contribution in [0, 0.1) is 11.3 Å². The Kier molecular flexibility index (Phi) is 7.52. The summed E-state index contributed by atoms with van der Waals surface area (Å²) in [5, 5.41) is 15.8. The Balaban J connectivity index is 1.24. The van der Waals surface area contributed by atoms with Crippen molar-refractivity contribution >= 4 is 17.8 Å². The fourth-order valence-electron chi connectivity index (χ4n) is 6.46. The minimum absolute atomic E-state index is 0.0506. The van der Waals surface area contributed by atoms with Crippen molar-refractivity contribution in [3.63, 3.8) is 0 Å². The van der Waals surface area contributed by atoms with Crippen LogP contribution in [-0.4, -0.2) is 29.3 Å². The minimum Gasteiger partial charge on any atom is -0.493 e. The fraction of sp³-hybridized carbons (Fsp3) is 0.382. The van der Waals surface area contributed by atoms with E-state index in [0.717, 1.165) is 35.3 Å². The predicted molar refractivity (Wildman–Crippen MR) is 159 cm³/mol. The van der Waals surface area contributed by atoms with Crippen LogP contribution in [-0.2, 0) is 10.3 Å². The number of guanidine groups is 1. The van der Waals surface area contributed by atoms with Gasteiger partial charge in [-0.2, -0.15) is 0 Å². The molecule has 41 heavy (non-hydrogen) atoms. The molecule has 6 rings (SSSR count). The van der Waals surface area contributed by atoms with Crippen LogP contribution in [0.1, 0.15) is 91.0 Å². The van der Waals surface area contributed by atoms with Gasteiger partial charge >= 0.3 is 0 Å². The van der Waals surface area contributed by atoms with E-state index < -0.39 is 5.54 Å². The van der Waals surface area contributed by atoms with Gasteiger partial charge in [-0.25, -0.2) is 0 Å². The maximum absolute atomic E-state index is 13.9. The SMILES string of the molecule is CCC[C@H](c1cccc(C(=O)N[C@H]2CCOc3ccccc32)c1)N1C(=N)N[C@@](CC2CC2)(c2ccccc2)CC1=O. The highest BCUT2D eigenvalue weighted by Gasteiger charge is 2.47. The topological polar surface area (TPSA) is 94.5 Å². The maximum atomic E-state index is 13.9. The Morgan fingerprint density at radius 2 is 1.85 bits per heavy atom. The summed E-state index contributed by atoms with van der Waals surface area (Å²) in [5.41, 5.74) is 2.89. The van der Waals surface area contributed by atoms with Crippen LogP contribution in [0.5, 0.6) is 5.75 Å². The second kappa shape index (κ2) is 11.4. The first-order valence-corrected chi connectivity index (χ1v) is 14.8. The van der Waals surface area contributed by atoms with E-state index in [2.05, 4.69) is 29.7 Å². The van der Waals surface area contributed by atoms with Gasteiger partial charge in [0.1, 0.15) is 5.75 Å². The van der Waals surface area contributed by atoms with Crippen LogP contribution in [0.15, 0.2) is 78.9 Å². The van der Waals surface area contributed by atoms with Gasteiger partial charge in [-0.15, -0.1) is 0 Å². The number of hydrogen-bond acceptors (Lipinski definition) is 4. The zero-order valence-electron chi connectivity index (χ0n) is 23.6. The molecule has 212 valence electrons. The molecule has 3 aliphatic rings. The first-order valence-electron chi connectivity index (χ1n) is 14.8. The molecule has 1 saturated heterocycles. The number of amides is 2. The molecular formula is C34H38N4O3. The summed E-state index contributed by atoms with van der Waals surface area (Å²) >= 11 is 0. The Bertz CT molecular complexity index is 1420. The Hall–Kier alpha value is -4.13. The largest absolute Gasteiger partial charge is 0.493 e. The molecule has 2 amide bonds. The molecule has 3 atom stereocenters. The number of fused-ring (bicyclic) bond motifs is 1. The number of nitrogens with zero attached hydrogens (tertiary/aromatic N) is 1. The lowest BCUT2D eigenvalue weighted by molar-refractivity contribution is -0.133. The van der Waals surface area contributed by atoms with Gasteiger partial charge in [0.25, 0.3) is 5.91 Å². The van der Waals surface area contributed by atoms with E-state index >= 15 is 0 Å². The molecular weight excluding hydrogens is 512 g/mol. The van der Waals surface area contributed by atoms with Crippen LogP contribution in [0.2, 0.25) is 0 Å². The van der Waals surface area contributed by atoms with Gasteiger partial charge in [0, 0.05) is 17.5 Å². The lowest BCUT2D eigenvalue weighted by Gasteiger charge is -2.46. The van der Waals surface area contributed by atoms with Gasteiger partial charge in [-0.3, -0.25) is 19.9 Å². The molecule has 2 heterocycles. The summed E-state index contributed by atoms with van der Waals surface area (Å²) < 4.78 is 5.76. The molecule has 0 unspecified atom stereocenters. The van der Waals surface area contributed by atoms with E-state index in [1.807, 2.05) is 66.7 Å². The molecule has 0 aromatic heterocycles. The highest BCUT2D eigenvalue weighted by Crippen LogP contribution is 2.45. The minimum atomic E-state index is -0.564. The highest BCUT2D eigenvalue weighted by atomic mass is 16.5. The lowest BCUT2D eigenvalue weighted by Crippen LogP contribution is -2.61. The summed E-state index contributed by atoms with van der Waals surface area (Å²) in [6.07, 6.45) is 5.73. The smallest absolute Gasteiger partial charge is 0.251 e. The van der Waals surface area contributed by atoms with Crippen molar-refractivity contribution in [3.05, 3.63) is 101 Å². The zero-order chi connectivity index (χ0) is 28.4. The standard InChI is InChI=1S/C34H38N4O3/c1-2-9-29(38-31(39)22-34(37-33(38)35,21-23-16-17-23)26-12-4-3-5-13-26)24-10-8-11-25(20-24)32(40)36-28-18-19-41-30-15-7-6-14-27(28)30/h3-8,10-15,20,23,28-29H,2,9,16-19,21-22H2,1H3,(H2,35,37)(H,36,40)/t28-,29+,34+/m0/s1. The zero-order valence-corrected chi connectivity index (χ0v) is 23.6. The third-order valence-corrected chi connectivity index (χ3v) is 8.65. The van der Waals surface area contributed by atoms with Crippen LogP contribution in [0.4, 0.5) is 0 Å². The van der Waals surface area contributed by atoms with Crippen LogP contribution in [0.25, 0.3) is 0 Å². The number of ether oxygens (including phenoxy) is 1. The first kappa shape index (κ1) is 27.1. The van der Waals surface area contributed by atoms with E-state index in [4.69, 9.17) is 10.1 Å². The third-order valence-electron chi connectivity index (χ3n) is 8.65. The molecule has 0 bridgehead atoms. The molecule has 2 aliphatic heterocycles. The number of carbonyl (C=O) groups is 2. The van der Waals surface area contributed by atoms with Crippen molar-refractivity contribution < 1.29 is 14.3 Å². The second-order valence-corrected chi connectivity index (χ2v) is 11.6. The molecule has 2 fully saturated rings. The van der Waals surface area contributed by atoms with E-state index in [1.165, 1.54) is 12.8 Å². The van der Waals surface area contributed by atoms with Crippen molar-refractivity contribution in [2.75, 3.05) is 6.61 Å². The quantitative estimate of drug-likeness (QED) is 0.294. The van der Waals surface area contributed by atoms with E-state index in [9.17, 15) is 9.59 Å². The Morgan fingerprint density at radius 3 is 2.61 bits per heavy atom. The number of para-hydroxylation sites is 1. The number of nitrogens with one attached hydrogen (secondary N) is 3. The summed E-state index contributed by atoms with van der Waals surface area (Å²) in [5.74, 6) is 1.32. The van der Waals surface area contributed by atoms with Gasteiger partial charge < -0.3 is 15.4 Å². The summed E-state index contributed by atoms with van der Waals surface area (Å²) in [6, 6.07) is 25.0. The van der Waals surface area contributed by atoms with Crippen molar-refractivity contribution in [1.29, 1.82) is 5.41 Å². The fourth-order valence-corrected chi connectivity index (χ4v) is 6.46. The number of hydrogen-bond donors (Lipinski definition) is 3. The van der Waals surface area contributed by atoms with Gasteiger partial charge in [-0.05, 0) is 48.1 Å². The monoisotopic (exact) mass is 550 g/mol. The number of benzene rings is 3. The van der Waals surface area contributed by atoms with Gasteiger partial charge in [0.15, 0.2) is 5.96 Å². The average Bonchev–Trinajstić information content (AvgIpc) is 3.81. The maximum Gasteiger partial charge on any atom is 0.251 e. The molecule has 0 spiro atoms. The molecule has 1 saturated carbocycles. The third kappa shape index (κ3) is 5.58. The second-order valence-electron chi connectivity index (χ2n) is 11.6. The van der Waals surface area contributed by atoms with Gasteiger partial charge in [0.2, 0.25) is 5.91 Å². The normalized spacial score (nSPS) is 22.8. The summed E-state index contributed by atoms with van der Waals surface area (Å²) in [6.45, 7) is 2.64. The highest BCUT2D eigenvalue weighted by molar-refractivity contribution is 6.00. The summed E-state index contributed by atoms with van der Waals surface area (Å²) in [4.78, 5) is 29.0. The Morgan fingerprint density at radius 1 is 1.07 bits per heavy atom. The Labute approximate surface area is 241 Å². The molecule has 0 radical (unpaired) electrons.